The van der Waals surface area contributed by atoms with Crippen LogP contribution in [0.2, 0.25) is 0 Å². The highest BCUT2D eigenvalue weighted by atomic mass is 32.1. The summed E-state index contributed by atoms with van der Waals surface area (Å²) in [6, 6.07) is -0.371. The molecule has 1 aliphatic rings. The van der Waals surface area contributed by atoms with E-state index in [-0.39, 0.29) is 17.8 Å². The van der Waals surface area contributed by atoms with Gasteiger partial charge in [0.05, 0.1) is 6.54 Å². The van der Waals surface area contributed by atoms with Gasteiger partial charge in [-0.1, -0.05) is 0 Å². The lowest BCUT2D eigenvalue weighted by Crippen LogP contribution is -2.42. The maximum Gasteiger partial charge on any atom is 0.243 e. The highest BCUT2D eigenvalue weighted by Crippen LogP contribution is 2.15. The summed E-state index contributed by atoms with van der Waals surface area (Å²) in [6.45, 7) is 0.924. The first-order valence-corrected chi connectivity index (χ1v) is 6.77. The van der Waals surface area contributed by atoms with Gasteiger partial charge in [-0.15, -0.1) is 11.3 Å². The molecule has 1 aromatic rings. The van der Waals surface area contributed by atoms with Gasteiger partial charge in [0.15, 0.2) is 0 Å². The smallest absolute Gasteiger partial charge is 0.243 e. The number of amidine groups is 1. The molecule has 1 aliphatic heterocycles. The number of nitrogens with two attached hydrogens (primary N) is 1. The predicted octanol–water partition coefficient (Wildman–Crippen LogP) is -0.336. The third-order valence-corrected chi connectivity index (χ3v) is 3.82. The molecule has 8 heteroatoms. The molecule has 0 radical (unpaired) electrons. The zero-order chi connectivity index (χ0) is 13.8. The van der Waals surface area contributed by atoms with Crippen LogP contribution in [-0.2, 0) is 16.1 Å². The summed E-state index contributed by atoms with van der Waals surface area (Å²) in [5.74, 6) is -0.249. The first-order chi connectivity index (χ1) is 9.11. The van der Waals surface area contributed by atoms with Gasteiger partial charge < -0.3 is 16.0 Å². The third-order valence-electron chi connectivity index (χ3n) is 2.97. The quantitative estimate of drug-likeness (QED) is 0.389. The molecule has 1 atom stereocenters. The van der Waals surface area contributed by atoms with Gasteiger partial charge in [-0.3, -0.25) is 15.0 Å². The molecule has 1 fully saturated rings. The van der Waals surface area contributed by atoms with Gasteiger partial charge in [0.25, 0.3) is 0 Å². The molecule has 1 unspecified atom stereocenters. The summed E-state index contributed by atoms with van der Waals surface area (Å²) >= 11 is 1.34. The van der Waals surface area contributed by atoms with Crippen molar-refractivity contribution in [3.8, 4) is 0 Å². The molecule has 102 valence electrons. The number of hydrogen-bond donors (Lipinski definition) is 3. The second-order valence-corrected chi connectivity index (χ2v) is 5.20. The van der Waals surface area contributed by atoms with E-state index in [2.05, 4.69) is 10.3 Å². The molecule has 19 heavy (non-hydrogen) atoms. The van der Waals surface area contributed by atoms with Gasteiger partial charge in [0, 0.05) is 11.9 Å². The summed E-state index contributed by atoms with van der Waals surface area (Å²) in [5, 5.41) is 12.4. The lowest BCUT2D eigenvalue weighted by atomic mass is 10.2. The minimum absolute atomic E-state index is 0.0863. The van der Waals surface area contributed by atoms with Crippen LogP contribution in [0.1, 0.15) is 23.5 Å². The van der Waals surface area contributed by atoms with Crippen LogP contribution in [0.15, 0.2) is 5.38 Å². The van der Waals surface area contributed by atoms with Crippen LogP contribution in [0.4, 0.5) is 0 Å². The van der Waals surface area contributed by atoms with Crippen LogP contribution >= 0.6 is 11.3 Å². The fourth-order valence-corrected chi connectivity index (χ4v) is 2.73. The lowest BCUT2D eigenvalue weighted by molar-refractivity contribution is -0.131. The van der Waals surface area contributed by atoms with Crippen molar-refractivity contribution in [1.29, 1.82) is 5.41 Å². The van der Waals surface area contributed by atoms with E-state index in [9.17, 15) is 9.59 Å². The van der Waals surface area contributed by atoms with Crippen LogP contribution < -0.4 is 11.1 Å². The van der Waals surface area contributed by atoms with Crippen LogP contribution in [0.25, 0.3) is 0 Å². The minimum Gasteiger partial charge on any atom is -0.382 e. The van der Waals surface area contributed by atoms with Crippen molar-refractivity contribution < 1.29 is 9.59 Å². The van der Waals surface area contributed by atoms with Crippen LogP contribution in [0, 0.1) is 5.41 Å². The average molecular weight is 281 g/mol. The van der Waals surface area contributed by atoms with Gasteiger partial charge in [-0.05, 0) is 12.8 Å². The Labute approximate surface area is 114 Å². The number of nitrogens with zero attached hydrogens (tertiary/aromatic N) is 2. The van der Waals surface area contributed by atoms with E-state index >= 15 is 0 Å². The molecule has 2 rings (SSSR count). The molecule has 2 heterocycles. The highest BCUT2D eigenvalue weighted by Gasteiger charge is 2.29. The Bertz CT molecular complexity index is 501. The van der Waals surface area contributed by atoms with Crippen molar-refractivity contribution in [3.63, 3.8) is 0 Å². The molecule has 0 saturated carbocycles. The van der Waals surface area contributed by atoms with Crippen LogP contribution in [0.5, 0.6) is 0 Å². The van der Waals surface area contributed by atoms with Gasteiger partial charge in [0.1, 0.15) is 22.6 Å². The number of aromatic nitrogens is 1. The maximum absolute atomic E-state index is 11.9. The number of nitrogen functional groups attached to an aromatic ring is 1. The summed E-state index contributed by atoms with van der Waals surface area (Å²) in [5.41, 5.74) is 5.73. The van der Waals surface area contributed by atoms with E-state index in [0.29, 0.717) is 36.6 Å². The number of carbonyl (C=O) groups is 2. The summed E-state index contributed by atoms with van der Waals surface area (Å²) < 4.78 is 0. The fourth-order valence-electron chi connectivity index (χ4n) is 1.99. The predicted molar refractivity (Wildman–Crippen MR) is 70.8 cm³/mol. The Morgan fingerprint density at radius 3 is 3.16 bits per heavy atom. The minimum atomic E-state index is -0.371. The molecule has 0 aromatic carbocycles. The van der Waals surface area contributed by atoms with Crippen LogP contribution in [0.3, 0.4) is 0 Å². The first-order valence-electron chi connectivity index (χ1n) is 5.89. The van der Waals surface area contributed by atoms with Crippen molar-refractivity contribution in [2.24, 2.45) is 5.73 Å². The third kappa shape index (κ3) is 3.08. The number of nitrogens with one attached hydrogen (secondary N) is 2. The monoisotopic (exact) mass is 281 g/mol. The number of amides is 2. The van der Waals surface area contributed by atoms with E-state index in [1.807, 2.05) is 0 Å². The zero-order valence-electron chi connectivity index (χ0n) is 10.3. The summed E-state index contributed by atoms with van der Waals surface area (Å²) in [4.78, 5) is 28.3. The number of rotatable bonds is 5. The standard InChI is InChI=1S/C11H15N5O2S/c12-10(13)7-5-19-9(15-7)4-14-11(18)8-2-1-3-16(8)6-17/h5-6,8H,1-4H2,(H3,12,13)(H,14,18). The van der Waals surface area contributed by atoms with E-state index < -0.39 is 0 Å². The number of likely N-dealkylation sites (tertiary alicyclic amines) is 1. The molecule has 1 saturated heterocycles. The molecule has 0 aliphatic carbocycles. The normalized spacial score (nSPS) is 18.3. The number of thiazole rings is 1. The van der Waals surface area contributed by atoms with Gasteiger partial charge in [-0.25, -0.2) is 4.98 Å². The molecule has 2 amide bonds. The number of carbonyl (C=O) groups excluding carboxylic acids is 2. The molecule has 0 spiro atoms. The summed E-state index contributed by atoms with van der Waals surface area (Å²) in [7, 11) is 0. The maximum atomic E-state index is 11.9. The first kappa shape index (κ1) is 13.5. The Morgan fingerprint density at radius 1 is 1.74 bits per heavy atom. The molecule has 1 aromatic heterocycles. The van der Waals surface area contributed by atoms with Crippen molar-refractivity contribution in [3.05, 3.63) is 16.1 Å². The number of hydrogen-bond acceptors (Lipinski definition) is 5. The average Bonchev–Trinajstić information content (AvgIpc) is 3.04. The molecule has 4 N–H and O–H groups in total. The Balaban J connectivity index is 1.89. The van der Waals surface area contributed by atoms with Crippen molar-refractivity contribution in [2.45, 2.75) is 25.4 Å². The zero-order valence-corrected chi connectivity index (χ0v) is 11.1. The Kier molecular flexibility index (Phi) is 4.10. The molecular weight excluding hydrogens is 266 g/mol. The topological polar surface area (TPSA) is 112 Å². The van der Waals surface area contributed by atoms with Crippen molar-refractivity contribution >= 4 is 29.5 Å². The molecule has 7 nitrogen and oxygen atoms in total. The fraction of sp³-hybridized carbons (Fsp3) is 0.455. The van der Waals surface area contributed by atoms with E-state index in [1.165, 1.54) is 16.2 Å². The van der Waals surface area contributed by atoms with Crippen molar-refractivity contribution in [1.82, 2.24) is 15.2 Å². The van der Waals surface area contributed by atoms with Crippen molar-refractivity contribution in [2.75, 3.05) is 6.54 Å². The second kappa shape index (κ2) is 5.79. The van der Waals surface area contributed by atoms with E-state index in [1.54, 1.807) is 5.38 Å². The second-order valence-electron chi connectivity index (χ2n) is 4.26. The van der Waals surface area contributed by atoms with Gasteiger partial charge in [0.2, 0.25) is 12.3 Å². The summed E-state index contributed by atoms with van der Waals surface area (Å²) in [6.07, 6.45) is 2.26. The Morgan fingerprint density at radius 2 is 2.53 bits per heavy atom. The SMILES string of the molecule is N=C(N)c1csc(CNC(=O)C2CCCN2C=O)n1. The molecular formula is C11H15N5O2S. The molecule has 0 bridgehead atoms. The largest absolute Gasteiger partial charge is 0.382 e. The van der Waals surface area contributed by atoms with Gasteiger partial charge >= 0.3 is 0 Å². The Hall–Kier alpha value is -1.96. The van der Waals surface area contributed by atoms with Crippen LogP contribution in [-0.4, -0.2) is 40.6 Å². The van der Waals surface area contributed by atoms with E-state index in [4.69, 9.17) is 11.1 Å². The van der Waals surface area contributed by atoms with Gasteiger partial charge in [-0.2, -0.15) is 0 Å². The van der Waals surface area contributed by atoms with E-state index in [0.717, 1.165) is 6.42 Å². The lowest BCUT2D eigenvalue weighted by Gasteiger charge is -2.18. The highest BCUT2D eigenvalue weighted by molar-refractivity contribution is 7.09.